The van der Waals surface area contributed by atoms with E-state index in [1.807, 2.05) is 31.2 Å². The van der Waals surface area contributed by atoms with E-state index in [0.717, 1.165) is 26.0 Å². The summed E-state index contributed by atoms with van der Waals surface area (Å²) in [4.78, 5) is 2.62. The Kier molecular flexibility index (Phi) is 59.8. The Morgan fingerprint density at radius 1 is 0.600 bits per heavy atom. The van der Waals surface area contributed by atoms with Crippen LogP contribution in [0, 0.1) is 11.8 Å². The number of ether oxygens (including phenoxy) is 2. The summed E-state index contributed by atoms with van der Waals surface area (Å²) in [7, 11) is 0. The van der Waals surface area contributed by atoms with Crippen LogP contribution in [0.4, 0.5) is 0 Å². The van der Waals surface area contributed by atoms with Gasteiger partial charge >= 0.3 is 0 Å². The number of hydrogen-bond donors (Lipinski definition) is 6. The normalized spacial score (nSPS) is 13.9. The van der Waals surface area contributed by atoms with Crippen molar-refractivity contribution in [3.8, 4) is 0 Å². The van der Waals surface area contributed by atoms with Crippen LogP contribution in [0.1, 0.15) is 197 Å². The van der Waals surface area contributed by atoms with Gasteiger partial charge in [0.15, 0.2) is 0 Å². The first-order chi connectivity index (χ1) is 29.1. The van der Waals surface area contributed by atoms with Crippen molar-refractivity contribution in [1.29, 1.82) is 0 Å². The zero-order valence-electron chi connectivity index (χ0n) is 41.7. The van der Waals surface area contributed by atoms with Crippen LogP contribution in [0.5, 0.6) is 0 Å². The molecule has 12 N–H and O–H groups in total. The van der Waals surface area contributed by atoms with Crippen LogP contribution in [-0.4, -0.2) is 76.1 Å². The summed E-state index contributed by atoms with van der Waals surface area (Å²) in [5, 5.41) is 0. The highest BCUT2D eigenvalue weighted by molar-refractivity contribution is 5.23. The minimum atomic E-state index is -0.110. The van der Waals surface area contributed by atoms with Gasteiger partial charge in [0, 0.05) is 44.9 Å². The smallest absolute Gasteiger partial charge is 0.139 e. The molecule has 9 heteroatoms. The zero-order chi connectivity index (χ0) is 45.9. The quantitative estimate of drug-likeness (QED) is 0.0154. The van der Waals surface area contributed by atoms with Gasteiger partial charge in [0.05, 0.1) is 18.9 Å². The fourth-order valence-corrected chi connectivity index (χ4v) is 6.22. The third-order valence-corrected chi connectivity index (χ3v) is 10.4. The largest absolute Gasteiger partial charge is 0.491 e. The lowest BCUT2D eigenvalue weighted by molar-refractivity contribution is 0.115. The lowest BCUT2D eigenvalue weighted by atomic mass is 10.0. The second-order valence-corrected chi connectivity index (χ2v) is 16.4. The average molecular weight is 852 g/mol. The molecule has 0 aromatic rings. The molecule has 0 aliphatic carbocycles. The van der Waals surface area contributed by atoms with Gasteiger partial charge in [-0.3, -0.25) is 4.90 Å². The van der Waals surface area contributed by atoms with Crippen molar-refractivity contribution in [3.63, 3.8) is 0 Å². The monoisotopic (exact) mass is 852 g/mol. The van der Waals surface area contributed by atoms with Gasteiger partial charge in [-0.05, 0) is 69.7 Å². The van der Waals surface area contributed by atoms with Crippen molar-refractivity contribution < 1.29 is 9.47 Å². The first-order valence-electron chi connectivity index (χ1n) is 25.1. The number of nitrogens with two attached hydrogens (primary N) is 6. The fourth-order valence-electron chi connectivity index (χ4n) is 6.22. The van der Waals surface area contributed by atoms with Crippen LogP contribution >= 0.6 is 0 Å². The highest BCUT2D eigenvalue weighted by atomic mass is 16.5. The molecule has 0 rings (SSSR count). The van der Waals surface area contributed by atoms with Gasteiger partial charge in [0.2, 0.25) is 0 Å². The number of rotatable bonds is 37. The van der Waals surface area contributed by atoms with Gasteiger partial charge in [0.1, 0.15) is 5.76 Å². The van der Waals surface area contributed by atoms with E-state index in [0.29, 0.717) is 56.1 Å². The predicted molar refractivity (Wildman–Crippen MR) is 270 cm³/mol. The highest BCUT2D eigenvalue weighted by Crippen LogP contribution is 2.17. The fraction of sp³-hybridized carbons (Fsp3) is 0.843. The Hall–Kier alpha value is -1.72. The van der Waals surface area contributed by atoms with Gasteiger partial charge in [-0.2, -0.15) is 0 Å². The minimum absolute atomic E-state index is 0.0972. The Bertz CT molecular complexity index is 911. The maximum Gasteiger partial charge on any atom is 0.139 e. The lowest BCUT2D eigenvalue weighted by Gasteiger charge is -2.20. The molecule has 360 valence electrons. The maximum atomic E-state index is 6.19. The molecule has 0 aliphatic rings. The van der Waals surface area contributed by atoms with E-state index in [9.17, 15) is 0 Å². The van der Waals surface area contributed by atoms with Crippen molar-refractivity contribution in [2.45, 2.75) is 209 Å². The van der Waals surface area contributed by atoms with Crippen LogP contribution < -0.4 is 34.4 Å². The van der Waals surface area contributed by atoms with Gasteiger partial charge < -0.3 is 43.9 Å². The average Bonchev–Trinajstić information content (AvgIpc) is 3.25. The Morgan fingerprint density at radius 2 is 1.08 bits per heavy atom. The van der Waals surface area contributed by atoms with E-state index in [4.69, 9.17) is 43.9 Å². The van der Waals surface area contributed by atoms with Gasteiger partial charge in [-0.1, -0.05) is 189 Å². The number of hydrogen-bond acceptors (Lipinski definition) is 9. The Morgan fingerprint density at radius 3 is 1.52 bits per heavy atom. The van der Waals surface area contributed by atoms with Gasteiger partial charge in [-0.15, -0.1) is 0 Å². The molecule has 0 bridgehead atoms. The molecule has 0 radical (unpaired) electrons. The summed E-state index contributed by atoms with van der Waals surface area (Å²) in [5.41, 5.74) is 34.4. The number of allylic oxidation sites excluding steroid dienone is 1. The topological polar surface area (TPSA) is 178 Å². The Balaban J connectivity index is -0.000000414. The zero-order valence-corrected chi connectivity index (χ0v) is 41.7. The number of nitrogens with zero attached hydrogens (tertiary/aromatic N) is 1. The second-order valence-electron chi connectivity index (χ2n) is 16.4. The van der Waals surface area contributed by atoms with Crippen LogP contribution in [0.2, 0.25) is 0 Å². The molecule has 0 aliphatic heterocycles. The molecular formula is C51H109N7O2. The lowest BCUT2D eigenvalue weighted by Crippen LogP contribution is -2.45. The predicted octanol–water partition coefficient (Wildman–Crippen LogP) is 11.3. The van der Waals surface area contributed by atoms with E-state index < -0.39 is 0 Å². The number of unbranched alkanes of at least 4 members (excludes halogenated alkanes) is 12. The van der Waals surface area contributed by atoms with Crippen LogP contribution in [-0.2, 0) is 9.47 Å². The molecule has 4 atom stereocenters. The molecule has 4 unspecified atom stereocenters. The summed E-state index contributed by atoms with van der Waals surface area (Å²) in [5.74, 6) is 1.91. The molecule has 0 saturated heterocycles. The summed E-state index contributed by atoms with van der Waals surface area (Å²) in [6.45, 7) is 26.8. The van der Waals surface area contributed by atoms with Crippen LogP contribution in [0.15, 0.2) is 47.9 Å². The standard InChI is InChI=1S/C22H44N2O2.C20H42N2.C6H15N3.C3H8/c1-5-9-11-19(7-3)17-25-16-14-21(24)22(13-15-23)26-18-20(8-4)12-10-6-2;1-3-5-7-9-11-14-18-22(20-16-13-17-21)19-15-12-10-8-6-4-2;1-2-3-5(8)6(9)4-7;1-3-2/h13-14,19-20H,5-12,15-18,23-24H2,1-4H3;13,16H,3-12,14-15,17-21H2,1-2H3;2-3,5-6H,4,7-9H2,1H3;3H2,1-2H3/b21-14+,22-13+;16-13-;3-2-;. The first kappa shape index (κ1) is 64.9. The van der Waals surface area contributed by atoms with Crippen LogP contribution in [0.3, 0.4) is 0 Å². The molecule has 0 aromatic heterocycles. The van der Waals surface area contributed by atoms with Crippen LogP contribution in [0.25, 0.3) is 0 Å². The summed E-state index contributed by atoms with van der Waals surface area (Å²) in [6, 6.07) is -0.207. The molecule has 0 saturated carbocycles. The third kappa shape index (κ3) is 48.9. The van der Waals surface area contributed by atoms with E-state index in [1.165, 1.54) is 135 Å². The Labute approximate surface area is 375 Å². The highest BCUT2D eigenvalue weighted by Gasteiger charge is 2.11. The summed E-state index contributed by atoms with van der Waals surface area (Å²) in [6.07, 6.45) is 39.4. The maximum absolute atomic E-state index is 6.19. The molecular weight excluding hydrogens is 743 g/mol. The van der Waals surface area contributed by atoms with E-state index >= 15 is 0 Å². The molecule has 0 amide bonds. The third-order valence-electron chi connectivity index (χ3n) is 10.4. The SMILES string of the molecule is C/C=C\C(N)C(N)CN.CCC.CCCCC(CC)COC/C=C(N)\C(=C/CN)OCC(CC)CCCC.CCCCCCCCN(C/C=C\CN)CCCCCCCC. The van der Waals surface area contributed by atoms with Crippen molar-refractivity contribution in [3.05, 3.63) is 47.9 Å². The van der Waals surface area contributed by atoms with E-state index in [2.05, 4.69) is 72.4 Å². The molecule has 0 heterocycles. The van der Waals surface area contributed by atoms with Crippen molar-refractivity contribution in [1.82, 2.24) is 4.90 Å². The van der Waals surface area contributed by atoms with Gasteiger partial charge in [0.25, 0.3) is 0 Å². The molecule has 60 heavy (non-hydrogen) atoms. The molecule has 0 aromatic carbocycles. The second kappa shape index (κ2) is 55.3. The van der Waals surface area contributed by atoms with Crippen molar-refractivity contribution >= 4 is 0 Å². The van der Waals surface area contributed by atoms with Crippen molar-refractivity contribution in [2.24, 2.45) is 46.2 Å². The summed E-state index contributed by atoms with van der Waals surface area (Å²) >= 11 is 0. The molecule has 0 spiro atoms. The van der Waals surface area contributed by atoms with Gasteiger partial charge in [-0.25, -0.2) is 0 Å². The first-order valence-corrected chi connectivity index (χ1v) is 25.1. The molecule has 0 fully saturated rings. The van der Waals surface area contributed by atoms with Crippen molar-refractivity contribution in [2.75, 3.05) is 59.1 Å². The van der Waals surface area contributed by atoms with E-state index in [-0.39, 0.29) is 12.1 Å². The minimum Gasteiger partial charge on any atom is -0.491 e. The summed E-state index contributed by atoms with van der Waals surface area (Å²) < 4.78 is 11.8. The van der Waals surface area contributed by atoms with E-state index in [1.54, 1.807) is 0 Å². The molecule has 9 nitrogen and oxygen atoms in total.